The van der Waals surface area contributed by atoms with Crippen molar-refractivity contribution < 1.29 is 37.3 Å². The van der Waals surface area contributed by atoms with Gasteiger partial charge in [-0.25, -0.2) is 4.57 Å². The number of phosphoric acid groups is 1. The number of esters is 1. The number of carbonyl (C=O) groups is 1. The maximum absolute atomic E-state index is 12.8. The standard InChI is InChI=1S/C56H108NO7P/c1-6-8-10-12-14-16-18-20-22-24-26-28-30-32-34-36-38-40-42-44-46-48-51-61-53-55(54-63-65(59,60)62-52-50-57(3,4)5)64-56(58)49-47-45-43-41-39-37-35-33-31-29-27-25-23-21-19-17-15-13-11-9-7-2/h19,21,24-27,55H,6-18,20,22-23,28-54H2,1-5H3/p+1/b21-19-,26-24-,27-25-. The van der Waals surface area contributed by atoms with Gasteiger partial charge in [0.15, 0.2) is 0 Å². The Kier molecular flexibility index (Phi) is 48.2. The van der Waals surface area contributed by atoms with Gasteiger partial charge >= 0.3 is 13.8 Å². The molecule has 0 fully saturated rings. The van der Waals surface area contributed by atoms with Gasteiger partial charge in [0.25, 0.3) is 0 Å². The first-order valence-electron chi connectivity index (χ1n) is 27.7. The number of hydrogen-bond donors (Lipinski definition) is 1. The summed E-state index contributed by atoms with van der Waals surface area (Å²) in [5, 5.41) is 0. The van der Waals surface area contributed by atoms with Crippen LogP contribution >= 0.6 is 7.82 Å². The van der Waals surface area contributed by atoms with Crippen LogP contribution in [0.4, 0.5) is 0 Å². The zero-order valence-corrected chi connectivity index (χ0v) is 44.6. The lowest BCUT2D eigenvalue weighted by atomic mass is 10.1. The summed E-state index contributed by atoms with van der Waals surface area (Å²) >= 11 is 0. The van der Waals surface area contributed by atoms with E-state index in [0.29, 0.717) is 24.1 Å². The topological polar surface area (TPSA) is 91.3 Å². The van der Waals surface area contributed by atoms with Crippen LogP contribution in [0.1, 0.15) is 258 Å². The predicted octanol–water partition coefficient (Wildman–Crippen LogP) is 17.3. The quantitative estimate of drug-likeness (QED) is 0.0214. The third-order valence-electron chi connectivity index (χ3n) is 12.2. The monoisotopic (exact) mass is 939 g/mol. The molecule has 0 aliphatic carbocycles. The van der Waals surface area contributed by atoms with Crippen LogP contribution in [0.25, 0.3) is 0 Å². The number of phosphoric ester groups is 1. The van der Waals surface area contributed by atoms with Gasteiger partial charge in [0.1, 0.15) is 19.3 Å². The summed E-state index contributed by atoms with van der Waals surface area (Å²) in [6.07, 6.45) is 60.5. The van der Waals surface area contributed by atoms with Crippen LogP contribution in [-0.2, 0) is 27.9 Å². The van der Waals surface area contributed by atoms with Crippen molar-refractivity contribution in [2.75, 3.05) is 54.1 Å². The average molecular weight is 939 g/mol. The number of allylic oxidation sites excluding steroid dienone is 6. The molecule has 0 saturated heterocycles. The Balaban J connectivity index is 4.10. The van der Waals surface area contributed by atoms with Gasteiger partial charge in [0.2, 0.25) is 0 Å². The molecule has 0 spiro atoms. The number of likely N-dealkylation sites (N-methyl/N-ethyl adjacent to an activating group) is 1. The minimum absolute atomic E-state index is 0.0881. The Hall–Kier alpha value is -1.28. The highest BCUT2D eigenvalue weighted by Gasteiger charge is 2.26. The summed E-state index contributed by atoms with van der Waals surface area (Å²) in [5.41, 5.74) is 0. The molecule has 0 aromatic heterocycles. The number of hydrogen-bond acceptors (Lipinski definition) is 6. The molecule has 1 N–H and O–H groups in total. The van der Waals surface area contributed by atoms with Crippen molar-refractivity contribution in [3.8, 4) is 0 Å². The molecule has 0 saturated carbocycles. The Morgan fingerprint density at radius 2 is 0.846 bits per heavy atom. The van der Waals surface area contributed by atoms with Crippen LogP contribution < -0.4 is 0 Å². The molecule has 0 rings (SSSR count). The zero-order valence-electron chi connectivity index (χ0n) is 43.7. The molecule has 0 bridgehead atoms. The molecule has 0 aromatic rings. The Morgan fingerprint density at radius 3 is 1.26 bits per heavy atom. The van der Waals surface area contributed by atoms with E-state index in [-0.39, 0.29) is 25.8 Å². The predicted molar refractivity (Wildman–Crippen MR) is 280 cm³/mol. The van der Waals surface area contributed by atoms with E-state index in [2.05, 4.69) is 50.3 Å². The van der Waals surface area contributed by atoms with Crippen LogP contribution in [0, 0.1) is 0 Å². The molecule has 2 atom stereocenters. The van der Waals surface area contributed by atoms with Crippen molar-refractivity contribution in [3.05, 3.63) is 36.5 Å². The summed E-state index contributed by atoms with van der Waals surface area (Å²) in [4.78, 5) is 23.0. The first kappa shape index (κ1) is 63.7. The molecule has 2 unspecified atom stereocenters. The van der Waals surface area contributed by atoms with Crippen molar-refractivity contribution in [1.29, 1.82) is 0 Å². The fourth-order valence-corrected chi connectivity index (χ4v) is 8.62. The van der Waals surface area contributed by atoms with Crippen LogP contribution in [0.2, 0.25) is 0 Å². The van der Waals surface area contributed by atoms with Crippen LogP contribution in [-0.4, -0.2) is 75.6 Å². The van der Waals surface area contributed by atoms with Gasteiger partial charge in [-0.05, 0) is 70.6 Å². The van der Waals surface area contributed by atoms with Crippen molar-refractivity contribution in [2.24, 2.45) is 0 Å². The van der Waals surface area contributed by atoms with E-state index in [1.807, 2.05) is 21.1 Å². The maximum Gasteiger partial charge on any atom is 0.472 e. The number of quaternary nitrogens is 1. The molecule has 9 heteroatoms. The van der Waals surface area contributed by atoms with Gasteiger partial charge in [-0.1, -0.05) is 217 Å². The van der Waals surface area contributed by atoms with Gasteiger partial charge in [-0.3, -0.25) is 13.8 Å². The Bertz CT molecular complexity index is 1140. The summed E-state index contributed by atoms with van der Waals surface area (Å²) in [6, 6.07) is 0. The van der Waals surface area contributed by atoms with Crippen molar-refractivity contribution in [3.63, 3.8) is 0 Å². The lowest BCUT2D eigenvalue weighted by molar-refractivity contribution is -0.870. The lowest BCUT2D eigenvalue weighted by Crippen LogP contribution is -2.37. The van der Waals surface area contributed by atoms with E-state index in [0.717, 1.165) is 38.5 Å². The maximum atomic E-state index is 12.8. The van der Waals surface area contributed by atoms with Gasteiger partial charge in [-0.2, -0.15) is 0 Å². The van der Waals surface area contributed by atoms with Gasteiger partial charge < -0.3 is 18.9 Å². The summed E-state index contributed by atoms with van der Waals surface area (Å²) in [5.74, 6) is -0.315. The number of unbranched alkanes of at least 4 members (excludes halogenated alkanes) is 32. The molecule has 384 valence electrons. The minimum atomic E-state index is -4.28. The van der Waals surface area contributed by atoms with Crippen molar-refractivity contribution in [1.82, 2.24) is 0 Å². The highest BCUT2D eigenvalue weighted by Crippen LogP contribution is 2.43. The molecule has 0 aliphatic rings. The second-order valence-corrected chi connectivity index (χ2v) is 21.4. The Labute approximate surface area is 404 Å². The number of ether oxygens (including phenoxy) is 2. The number of rotatable bonds is 52. The largest absolute Gasteiger partial charge is 0.472 e. The zero-order chi connectivity index (χ0) is 47.6. The molecular formula is C56H109NO7P+. The van der Waals surface area contributed by atoms with Gasteiger partial charge in [-0.15, -0.1) is 0 Å². The fourth-order valence-electron chi connectivity index (χ4n) is 7.87. The van der Waals surface area contributed by atoms with Crippen LogP contribution in [0.5, 0.6) is 0 Å². The normalized spacial score (nSPS) is 13.8. The van der Waals surface area contributed by atoms with E-state index < -0.39 is 13.9 Å². The van der Waals surface area contributed by atoms with E-state index >= 15 is 0 Å². The first-order chi connectivity index (χ1) is 31.6. The highest BCUT2D eigenvalue weighted by molar-refractivity contribution is 7.47. The Morgan fingerprint density at radius 1 is 0.477 bits per heavy atom. The molecule has 0 heterocycles. The lowest BCUT2D eigenvalue weighted by Gasteiger charge is -2.24. The highest BCUT2D eigenvalue weighted by atomic mass is 31.2. The smallest absolute Gasteiger partial charge is 0.457 e. The molecule has 65 heavy (non-hydrogen) atoms. The van der Waals surface area contributed by atoms with E-state index in [4.69, 9.17) is 18.5 Å². The second kappa shape index (κ2) is 49.2. The second-order valence-electron chi connectivity index (χ2n) is 20.0. The molecule has 0 aliphatic heterocycles. The van der Waals surface area contributed by atoms with Crippen LogP contribution in [0.3, 0.4) is 0 Å². The first-order valence-corrected chi connectivity index (χ1v) is 29.2. The van der Waals surface area contributed by atoms with Gasteiger partial charge in [0, 0.05) is 13.0 Å². The SMILES string of the molecule is CCCCCCC/C=C\C/C=C\CCCCCCCCCCCC(=O)OC(COCCCCCCCCCCCC/C=C\CCCCCCCCCC)COP(=O)(O)OCC[N+](C)(C)C. The van der Waals surface area contributed by atoms with E-state index in [9.17, 15) is 14.3 Å². The molecule has 8 nitrogen and oxygen atoms in total. The summed E-state index contributed by atoms with van der Waals surface area (Å²) in [6.45, 7) is 5.65. The summed E-state index contributed by atoms with van der Waals surface area (Å²) in [7, 11) is 1.67. The molecule has 0 amide bonds. The molecular weight excluding hydrogens is 830 g/mol. The molecule has 0 radical (unpaired) electrons. The van der Waals surface area contributed by atoms with Crippen LogP contribution in [0.15, 0.2) is 36.5 Å². The fraction of sp³-hybridized carbons (Fsp3) is 0.875. The van der Waals surface area contributed by atoms with Crippen molar-refractivity contribution >= 4 is 13.8 Å². The van der Waals surface area contributed by atoms with E-state index in [1.54, 1.807) is 0 Å². The van der Waals surface area contributed by atoms with Gasteiger partial charge in [0.05, 0.1) is 34.4 Å². The minimum Gasteiger partial charge on any atom is -0.457 e. The third-order valence-corrected chi connectivity index (χ3v) is 13.2. The summed E-state index contributed by atoms with van der Waals surface area (Å²) < 4.78 is 35.2. The van der Waals surface area contributed by atoms with Crippen molar-refractivity contribution in [2.45, 2.75) is 264 Å². The van der Waals surface area contributed by atoms with E-state index in [1.165, 1.54) is 199 Å². The number of nitrogens with zero attached hydrogens (tertiary/aromatic N) is 1. The molecule has 0 aromatic carbocycles. The third kappa shape index (κ3) is 53.5. The number of carbonyl (C=O) groups excluding carboxylic acids is 1. The average Bonchev–Trinajstić information content (AvgIpc) is 3.27.